The molecule has 0 aromatic heterocycles. The summed E-state index contributed by atoms with van der Waals surface area (Å²) in [5.74, 6) is 0.0506. The molecular formula is C24H24BrNO. The van der Waals surface area contributed by atoms with Gasteiger partial charge in [0.25, 0.3) is 0 Å². The van der Waals surface area contributed by atoms with E-state index >= 15 is 0 Å². The first kappa shape index (κ1) is 18.2. The third-order valence-corrected chi connectivity index (χ3v) is 6.02. The van der Waals surface area contributed by atoms with Gasteiger partial charge in [-0.25, -0.2) is 0 Å². The lowest BCUT2D eigenvalue weighted by atomic mass is 10.0. The molecule has 0 bridgehead atoms. The molecule has 1 aliphatic carbocycles. The van der Waals surface area contributed by atoms with Gasteiger partial charge in [-0.15, -0.1) is 0 Å². The molecule has 2 aromatic carbocycles. The van der Waals surface area contributed by atoms with Crippen molar-refractivity contribution in [1.82, 2.24) is 4.90 Å². The predicted octanol–water partition coefficient (Wildman–Crippen LogP) is 6.03. The maximum atomic E-state index is 12.6. The average Bonchev–Trinajstić information content (AvgIpc) is 2.86. The van der Waals surface area contributed by atoms with Crippen LogP contribution in [0, 0.1) is 0 Å². The van der Waals surface area contributed by atoms with Crippen molar-refractivity contribution < 1.29 is 4.79 Å². The lowest BCUT2D eigenvalue weighted by Gasteiger charge is -2.25. The molecule has 4 rings (SSSR count). The number of fused-ring (bicyclic) bond motifs is 1. The molecule has 1 fully saturated rings. The van der Waals surface area contributed by atoms with Gasteiger partial charge in [0.05, 0.1) is 0 Å². The zero-order chi connectivity index (χ0) is 18.6. The van der Waals surface area contributed by atoms with E-state index < -0.39 is 0 Å². The standard InChI is InChI=1S/C24H24BrNO/c25-20-11-9-18(10-12-20)24(27)14-13-22-21-8-4-3-7-19(21)17-23(22)26-15-5-1-2-6-16-26/h3-4,7-14H,1-2,5-6,15-17H2/b14-13+. The fourth-order valence-corrected chi connectivity index (χ4v) is 4.31. The Morgan fingerprint density at radius 2 is 1.63 bits per heavy atom. The molecule has 138 valence electrons. The Labute approximate surface area is 169 Å². The zero-order valence-corrected chi connectivity index (χ0v) is 17.0. The number of allylic oxidation sites excluding steroid dienone is 4. The fraction of sp³-hybridized carbons (Fsp3) is 0.292. The Balaban J connectivity index is 1.65. The second-order valence-electron chi connectivity index (χ2n) is 7.30. The number of carbonyl (C=O) groups excluding carboxylic acids is 1. The molecule has 0 atom stereocenters. The van der Waals surface area contributed by atoms with Gasteiger partial charge in [0.2, 0.25) is 0 Å². The smallest absolute Gasteiger partial charge is 0.185 e. The molecule has 1 aliphatic heterocycles. The van der Waals surface area contributed by atoms with Crippen molar-refractivity contribution in [2.75, 3.05) is 13.1 Å². The number of ketones is 1. The van der Waals surface area contributed by atoms with E-state index in [4.69, 9.17) is 0 Å². The van der Waals surface area contributed by atoms with E-state index in [0.29, 0.717) is 0 Å². The van der Waals surface area contributed by atoms with Crippen molar-refractivity contribution in [1.29, 1.82) is 0 Å². The van der Waals surface area contributed by atoms with Gasteiger partial charge < -0.3 is 4.90 Å². The Bertz CT molecular complexity index is 887. The van der Waals surface area contributed by atoms with E-state index in [1.165, 1.54) is 48.1 Å². The van der Waals surface area contributed by atoms with Crippen LogP contribution in [0.2, 0.25) is 0 Å². The van der Waals surface area contributed by atoms with Crippen LogP contribution in [0.4, 0.5) is 0 Å². The van der Waals surface area contributed by atoms with Crippen LogP contribution in [0.5, 0.6) is 0 Å². The second-order valence-corrected chi connectivity index (χ2v) is 8.22. The first-order valence-corrected chi connectivity index (χ1v) is 10.6. The number of halogens is 1. The third kappa shape index (κ3) is 4.08. The third-order valence-electron chi connectivity index (χ3n) is 5.49. The number of hydrogen-bond donors (Lipinski definition) is 0. The zero-order valence-electron chi connectivity index (χ0n) is 15.5. The summed E-state index contributed by atoms with van der Waals surface area (Å²) in [7, 11) is 0. The highest BCUT2D eigenvalue weighted by molar-refractivity contribution is 9.10. The molecule has 0 unspecified atom stereocenters. The van der Waals surface area contributed by atoms with Crippen molar-refractivity contribution in [2.45, 2.75) is 32.1 Å². The Hall–Kier alpha value is -2.13. The number of carbonyl (C=O) groups is 1. The highest BCUT2D eigenvalue weighted by atomic mass is 79.9. The van der Waals surface area contributed by atoms with Crippen LogP contribution >= 0.6 is 15.9 Å². The van der Waals surface area contributed by atoms with Crippen LogP contribution in [0.3, 0.4) is 0 Å². The second kappa shape index (κ2) is 8.26. The number of benzene rings is 2. The van der Waals surface area contributed by atoms with Gasteiger partial charge in [0.15, 0.2) is 5.78 Å². The van der Waals surface area contributed by atoms with Crippen molar-refractivity contribution in [3.63, 3.8) is 0 Å². The number of nitrogens with zero attached hydrogens (tertiary/aromatic N) is 1. The molecule has 0 spiro atoms. The number of likely N-dealkylation sites (tertiary alicyclic amines) is 1. The minimum Gasteiger partial charge on any atom is -0.374 e. The van der Waals surface area contributed by atoms with Gasteiger partial charge in [-0.1, -0.05) is 53.0 Å². The average molecular weight is 422 g/mol. The topological polar surface area (TPSA) is 20.3 Å². The summed E-state index contributed by atoms with van der Waals surface area (Å²) in [6, 6.07) is 16.1. The van der Waals surface area contributed by atoms with Crippen LogP contribution in [-0.4, -0.2) is 23.8 Å². The van der Waals surface area contributed by atoms with Gasteiger partial charge >= 0.3 is 0 Å². The Morgan fingerprint density at radius 3 is 2.37 bits per heavy atom. The van der Waals surface area contributed by atoms with Crippen molar-refractivity contribution >= 4 is 27.3 Å². The molecule has 3 heteroatoms. The fourth-order valence-electron chi connectivity index (χ4n) is 4.05. The summed E-state index contributed by atoms with van der Waals surface area (Å²) in [6.45, 7) is 2.25. The van der Waals surface area contributed by atoms with Crippen LogP contribution < -0.4 is 0 Å². The van der Waals surface area contributed by atoms with Gasteiger partial charge in [-0.3, -0.25) is 4.79 Å². The maximum Gasteiger partial charge on any atom is 0.185 e. The van der Waals surface area contributed by atoms with Crippen LogP contribution in [-0.2, 0) is 6.42 Å². The molecule has 0 amide bonds. The molecule has 27 heavy (non-hydrogen) atoms. The molecule has 2 nitrogen and oxygen atoms in total. The normalized spacial score (nSPS) is 17.3. The van der Waals surface area contributed by atoms with E-state index in [2.05, 4.69) is 45.1 Å². The van der Waals surface area contributed by atoms with E-state index in [9.17, 15) is 4.79 Å². The summed E-state index contributed by atoms with van der Waals surface area (Å²) >= 11 is 3.42. The summed E-state index contributed by atoms with van der Waals surface area (Å²) < 4.78 is 0.985. The Kier molecular flexibility index (Phi) is 5.58. The maximum absolute atomic E-state index is 12.6. The van der Waals surface area contributed by atoms with Crippen LogP contribution in [0.15, 0.2) is 70.9 Å². The molecule has 0 radical (unpaired) electrons. The number of hydrogen-bond acceptors (Lipinski definition) is 2. The van der Waals surface area contributed by atoms with Gasteiger partial charge in [-0.05, 0) is 60.4 Å². The molecule has 1 heterocycles. The summed E-state index contributed by atoms with van der Waals surface area (Å²) in [6.07, 6.45) is 9.91. The van der Waals surface area contributed by atoms with Crippen LogP contribution in [0.1, 0.15) is 47.2 Å². The molecule has 2 aromatic rings. The van der Waals surface area contributed by atoms with Crippen LogP contribution in [0.25, 0.3) is 5.57 Å². The largest absolute Gasteiger partial charge is 0.374 e. The van der Waals surface area contributed by atoms with Gasteiger partial charge in [-0.2, -0.15) is 0 Å². The highest BCUT2D eigenvalue weighted by Gasteiger charge is 2.24. The molecule has 2 aliphatic rings. The molecule has 1 saturated heterocycles. The summed E-state index contributed by atoms with van der Waals surface area (Å²) in [5.41, 5.74) is 5.97. The van der Waals surface area contributed by atoms with E-state index in [1.54, 1.807) is 6.08 Å². The summed E-state index contributed by atoms with van der Waals surface area (Å²) in [5, 5.41) is 0. The van der Waals surface area contributed by atoms with Crippen molar-refractivity contribution in [2.24, 2.45) is 0 Å². The first-order chi connectivity index (χ1) is 13.2. The molecule has 0 N–H and O–H groups in total. The monoisotopic (exact) mass is 421 g/mol. The van der Waals surface area contributed by atoms with Crippen molar-refractivity contribution in [3.8, 4) is 0 Å². The predicted molar refractivity (Wildman–Crippen MR) is 115 cm³/mol. The molecule has 0 saturated carbocycles. The SMILES string of the molecule is O=C(/C=C/C1=C(N2CCCCCC2)Cc2ccccc21)c1ccc(Br)cc1. The van der Waals surface area contributed by atoms with Crippen molar-refractivity contribution in [3.05, 3.63) is 87.5 Å². The highest BCUT2D eigenvalue weighted by Crippen LogP contribution is 2.36. The van der Waals surface area contributed by atoms with Gasteiger partial charge in [0.1, 0.15) is 0 Å². The molecular weight excluding hydrogens is 398 g/mol. The number of rotatable bonds is 4. The van der Waals surface area contributed by atoms with Gasteiger partial charge in [0, 0.05) is 40.8 Å². The minimum atomic E-state index is 0.0506. The minimum absolute atomic E-state index is 0.0506. The quantitative estimate of drug-likeness (QED) is 0.443. The summed E-state index contributed by atoms with van der Waals surface area (Å²) in [4.78, 5) is 15.2. The lowest BCUT2D eigenvalue weighted by molar-refractivity contribution is 0.104. The van der Waals surface area contributed by atoms with E-state index in [1.807, 2.05) is 30.3 Å². The van der Waals surface area contributed by atoms with E-state index in [0.717, 1.165) is 29.5 Å². The first-order valence-electron chi connectivity index (χ1n) is 9.77. The Morgan fingerprint density at radius 1 is 0.926 bits per heavy atom. The van der Waals surface area contributed by atoms with E-state index in [-0.39, 0.29) is 5.78 Å². The lowest BCUT2D eigenvalue weighted by Crippen LogP contribution is -2.24.